The number of nitrogens with zero attached hydrogens (tertiary/aromatic N) is 2. The van der Waals surface area contributed by atoms with Crippen LogP contribution in [0.1, 0.15) is 6.92 Å². The van der Waals surface area contributed by atoms with E-state index in [4.69, 9.17) is 23.7 Å². The first kappa shape index (κ1) is 23.7. The molecule has 0 amide bonds. The molecule has 0 spiro atoms. The molecule has 0 atom stereocenters. The van der Waals surface area contributed by atoms with Crippen molar-refractivity contribution in [3.63, 3.8) is 0 Å². The molecule has 0 saturated carbocycles. The molecule has 0 saturated heterocycles. The molecule has 0 heterocycles. The van der Waals surface area contributed by atoms with Gasteiger partial charge in [0.15, 0.2) is 0 Å². The van der Waals surface area contributed by atoms with Crippen LogP contribution in [0.3, 0.4) is 0 Å². The van der Waals surface area contributed by atoms with Crippen molar-refractivity contribution in [1.82, 2.24) is 0 Å². The molecule has 0 unspecified atom stereocenters. The normalized spacial score (nSPS) is 3.33. The molecule has 0 aliphatic rings. The Morgan fingerprint density at radius 3 is 1.33 bits per heavy atom. The number of halogens is 1. The molecule has 0 aromatic heterocycles. The van der Waals surface area contributed by atoms with Crippen molar-refractivity contribution in [3.05, 3.63) is 13.1 Å². The predicted molar refractivity (Wildman–Crippen MR) is 26.5 cm³/mol. The van der Waals surface area contributed by atoms with E-state index in [-0.39, 0.29) is 22.3 Å². The molecule has 53 valence electrons. The largest absolute Gasteiger partial charge is 2.00 e. The summed E-state index contributed by atoms with van der Waals surface area (Å²) < 4.78 is 0. The quantitative estimate of drug-likeness (QED) is 0.327. The summed E-state index contributed by atoms with van der Waals surface area (Å²) in [5.41, 5.74) is 0. The monoisotopic (exact) mass is 193 g/mol. The summed E-state index contributed by atoms with van der Waals surface area (Å²) in [7, 11) is 0. The van der Waals surface area contributed by atoms with Crippen molar-refractivity contribution in [3.8, 4) is 0 Å². The van der Waals surface area contributed by atoms with Crippen molar-refractivity contribution >= 4 is 16.8 Å². The van der Waals surface area contributed by atoms with Crippen molar-refractivity contribution in [2.24, 2.45) is 0 Å². The van der Waals surface area contributed by atoms with Gasteiger partial charge in [-0.2, -0.15) is 0 Å². The molecule has 3 nitrogen and oxygen atoms in total. The Hall–Kier alpha value is -0.541. The Balaban J connectivity index is -0.0000000221. The van der Waals surface area contributed by atoms with Crippen molar-refractivity contribution in [2.45, 2.75) is 6.92 Å². The van der Waals surface area contributed by atoms with E-state index in [1.165, 1.54) is 6.92 Å². The molecule has 5 heteroatoms. The van der Waals surface area contributed by atoms with Crippen LogP contribution in [0.4, 0.5) is 0 Å². The van der Waals surface area contributed by atoms with Gasteiger partial charge in [-0.05, 0) is 11.6 Å². The first-order valence-corrected chi connectivity index (χ1v) is 1.72. The second kappa shape index (κ2) is 51.5. The maximum Gasteiger partial charge on any atom is 2.00 e. The number of carbonyl (C=O) groups is 1. The van der Waals surface area contributed by atoms with Gasteiger partial charge in [-0.25, -0.2) is 0 Å². The summed E-state index contributed by atoms with van der Waals surface area (Å²) in [4.78, 5) is 9.21. The number of rotatable bonds is 0. The van der Waals surface area contributed by atoms with Crippen LogP contribution in [0.2, 0.25) is 0 Å². The zero-order valence-electron chi connectivity index (χ0n) is 4.48. The van der Waals surface area contributed by atoms with Crippen molar-refractivity contribution < 1.29 is 21.9 Å². The van der Waals surface area contributed by atoms with E-state index in [1.54, 1.807) is 0 Å². The van der Waals surface area contributed by atoms with Gasteiger partial charge < -0.3 is 23.7 Å². The molecule has 1 radical (unpaired) electrons. The van der Waals surface area contributed by atoms with Crippen molar-refractivity contribution in [2.75, 3.05) is 0 Å². The van der Waals surface area contributed by atoms with E-state index in [0.717, 1.165) is 0 Å². The standard InChI is InChI=1S/C2H3ClO.2CN.Cu/c1-2(3)4;2*1-2;/h1H3;;;/q;2*-1;+2. The zero-order valence-corrected chi connectivity index (χ0v) is 6.18. The molecule has 9 heavy (non-hydrogen) atoms. The second-order valence-corrected chi connectivity index (χ2v) is 1.00. The van der Waals surface area contributed by atoms with Crippen LogP contribution in [0.5, 0.6) is 0 Å². The second-order valence-electron chi connectivity index (χ2n) is 0.470. The van der Waals surface area contributed by atoms with Gasteiger partial charge in [-0.15, -0.1) is 0 Å². The van der Waals surface area contributed by atoms with Gasteiger partial charge in [0.25, 0.3) is 0 Å². The van der Waals surface area contributed by atoms with Gasteiger partial charge in [0.05, 0.1) is 0 Å². The van der Waals surface area contributed by atoms with Gasteiger partial charge >= 0.3 is 17.1 Å². The third-order valence-electron chi connectivity index (χ3n) is 0. The molecule has 0 aromatic carbocycles. The van der Waals surface area contributed by atoms with E-state index in [1.807, 2.05) is 0 Å². The Morgan fingerprint density at radius 2 is 1.33 bits per heavy atom. The maximum absolute atomic E-state index is 9.21. The predicted octanol–water partition coefficient (Wildman–Crippen LogP) is 0.962. The summed E-state index contributed by atoms with van der Waals surface area (Å²) >= 11 is 4.64. The minimum absolute atomic E-state index is 0. The fourth-order valence-electron chi connectivity index (χ4n) is 0. The SMILES string of the molecule is CC(=O)Cl.[C-]#N.[C-]#N.[Cu+2]. The maximum atomic E-state index is 9.21. The summed E-state index contributed by atoms with van der Waals surface area (Å²) in [6, 6.07) is 0. The third kappa shape index (κ3) is 761. The molecule has 0 N–H and O–H groups in total. The molecule has 0 aliphatic heterocycles. The Bertz CT molecular complexity index is 81.1. The van der Waals surface area contributed by atoms with Crippen LogP contribution < -0.4 is 0 Å². The van der Waals surface area contributed by atoms with E-state index in [0.29, 0.717) is 0 Å². The number of carbonyl (C=O) groups excluding carboxylic acids is 1. The van der Waals surface area contributed by atoms with Gasteiger partial charge in [0.2, 0.25) is 5.24 Å². The van der Waals surface area contributed by atoms with Crippen LogP contribution >= 0.6 is 11.6 Å². The molecular weight excluding hydrogens is 191 g/mol. The average molecular weight is 194 g/mol. The van der Waals surface area contributed by atoms with Crippen LogP contribution in [0.15, 0.2) is 0 Å². The Kier molecular flexibility index (Phi) is 135. The van der Waals surface area contributed by atoms with E-state index < -0.39 is 0 Å². The minimum Gasteiger partial charge on any atom is -0.512 e. The Morgan fingerprint density at radius 1 is 1.33 bits per heavy atom. The van der Waals surface area contributed by atoms with Crippen LogP contribution in [-0.4, -0.2) is 5.24 Å². The van der Waals surface area contributed by atoms with Gasteiger partial charge in [0, 0.05) is 6.92 Å². The van der Waals surface area contributed by atoms with E-state index in [2.05, 4.69) is 11.6 Å². The summed E-state index contributed by atoms with van der Waals surface area (Å²) in [6.07, 6.45) is 0. The number of hydrogen-bond acceptors (Lipinski definition) is 3. The fraction of sp³-hybridized carbons (Fsp3) is 0.250. The molecule has 0 rings (SSSR count). The first-order valence-electron chi connectivity index (χ1n) is 1.34. The van der Waals surface area contributed by atoms with Gasteiger partial charge in [0.1, 0.15) is 0 Å². The molecular formula is C4H3ClCuN2O. The molecule has 0 aliphatic carbocycles. The summed E-state index contributed by atoms with van der Waals surface area (Å²) in [5, 5.41) is 12.1. The van der Waals surface area contributed by atoms with Crippen LogP contribution in [0.25, 0.3) is 0 Å². The molecule has 0 bridgehead atoms. The number of hydrogen-bond donors (Lipinski definition) is 0. The van der Waals surface area contributed by atoms with Crippen LogP contribution in [0, 0.1) is 23.7 Å². The smallest absolute Gasteiger partial charge is 0.512 e. The summed E-state index contributed by atoms with van der Waals surface area (Å²) in [5.74, 6) is 0. The van der Waals surface area contributed by atoms with E-state index in [9.17, 15) is 4.79 Å². The van der Waals surface area contributed by atoms with Gasteiger partial charge in [-0.1, -0.05) is 0 Å². The zero-order chi connectivity index (χ0) is 7.58. The summed E-state index contributed by atoms with van der Waals surface area (Å²) in [6.45, 7) is 10.8. The first-order chi connectivity index (χ1) is 3.73. The van der Waals surface area contributed by atoms with Crippen LogP contribution in [-0.2, 0) is 21.9 Å². The fourth-order valence-corrected chi connectivity index (χ4v) is 0. The van der Waals surface area contributed by atoms with Gasteiger partial charge in [-0.3, -0.25) is 4.79 Å². The average Bonchev–Trinajstić information content (AvgIpc) is 1.75. The topological polar surface area (TPSA) is 64.7 Å². The van der Waals surface area contributed by atoms with E-state index >= 15 is 0 Å². The molecule has 0 aromatic rings. The minimum atomic E-state index is -0.361. The molecule has 0 fully saturated rings. The Labute approximate surface area is 69.7 Å². The van der Waals surface area contributed by atoms with Crippen molar-refractivity contribution in [1.29, 1.82) is 10.5 Å². The third-order valence-corrected chi connectivity index (χ3v) is 0.